The van der Waals surface area contributed by atoms with Crippen molar-refractivity contribution in [3.63, 3.8) is 0 Å². The summed E-state index contributed by atoms with van der Waals surface area (Å²) in [5.41, 5.74) is 0.292. The summed E-state index contributed by atoms with van der Waals surface area (Å²) >= 11 is 5.83. The van der Waals surface area contributed by atoms with Gasteiger partial charge in [-0.1, -0.05) is 11.6 Å². The highest BCUT2D eigenvalue weighted by atomic mass is 35.5. The van der Waals surface area contributed by atoms with Crippen LogP contribution in [-0.2, 0) is 13.6 Å². The van der Waals surface area contributed by atoms with Crippen molar-refractivity contribution in [1.29, 1.82) is 0 Å². The van der Waals surface area contributed by atoms with Crippen LogP contribution in [0.1, 0.15) is 30.5 Å². The van der Waals surface area contributed by atoms with Crippen molar-refractivity contribution >= 4 is 11.6 Å². The Labute approximate surface area is 135 Å². The van der Waals surface area contributed by atoms with E-state index < -0.39 is 0 Å². The zero-order valence-electron chi connectivity index (χ0n) is 12.3. The first-order valence-corrected chi connectivity index (χ1v) is 7.57. The molecule has 8 nitrogen and oxygen atoms in total. The van der Waals surface area contributed by atoms with Crippen LogP contribution in [0.3, 0.4) is 0 Å². The van der Waals surface area contributed by atoms with Crippen molar-refractivity contribution in [2.45, 2.75) is 25.3 Å². The van der Waals surface area contributed by atoms with Gasteiger partial charge in [0.25, 0.3) is 0 Å². The Hall–Kier alpha value is -2.48. The molecule has 23 heavy (non-hydrogen) atoms. The highest BCUT2D eigenvalue weighted by Gasteiger charge is 2.29. The van der Waals surface area contributed by atoms with E-state index >= 15 is 0 Å². The molecule has 3 aromatic heterocycles. The molecule has 0 amide bonds. The molecule has 0 radical (unpaired) electrons. The van der Waals surface area contributed by atoms with Gasteiger partial charge >= 0.3 is 5.69 Å². The Balaban J connectivity index is 1.65. The molecule has 0 aliphatic heterocycles. The molecule has 3 aromatic rings. The van der Waals surface area contributed by atoms with E-state index in [-0.39, 0.29) is 12.2 Å². The fourth-order valence-corrected chi connectivity index (χ4v) is 2.39. The molecule has 0 unspecified atom stereocenters. The first-order valence-electron chi connectivity index (χ1n) is 7.20. The Morgan fingerprint density at radius 1 is 1.35 bits per heavy atom. The monoisotopic (exact) mass is 332 g/mol. The third kappa shape index (κ3) is 2.65. The molecule has 9 heteroatoms. The van der Waals surface area contributed by atoms with Gasteiger partial charge in [0.1, 0.15) is 12.2 Å². The number of aromatic nitrogens is 6. The lowest BCUT2D eigenvalue weighted by Gasteiger charge is -1.97. The van der Waals surface area contributed by atoms with Gasteiger partial charge in [0, 0.05) is 19.2 Å². The SMILES string of the molecule is Cn1c(-c2ccc(Cl)cn2)nn(Cc2nnc(C3CC3)o2)c1=O. The fraction of sp³-hybridized carbons (Fsp3) is 0.357. The van der Waals surface area contributed by atoms with Crippen LogP contribution in [0.25, 0.3) is 11.5 Å². The summed E-state index contributed by atoms with van der Waals surface area (Å²) in [7, 11) is 1.64. The smallest absolute Gasteiger partial charge is 0.346 e. The van der Waals surface area contributed by atoms with Crippen molar-refractivity contribution in [2.24, 2.45) is 7.05 Å². The van der Waals surface area contributed by atoms with Crippen LogP contribution in [0.4, 0.5) is 0 Å². The van der Waals surface area contributed by atoms with E-state index in [0.29, 0.717) is 34.2 Å². The molecule has 1 aliphatic carbocycles. The molecule has 0 bridgehead atoms. The van der Waals surface area contributed by atoms with Gasteiger partial charge in [-0.05, 0) is 25.0 Å². The van der Waals surface area contributed by atoms with Gasteiger partial charge in [-0.25, -0.2) is 9.48 Å². The molecule has 0 spiro atoms. The Kier molecular flexibility index (Phi) is 3.26. The average Bonchev–Trinajstić information content (AvgIpc) is 3.24. The molecule has 0 N–H and O–H groups in total. The molecule has 1 fully saturated rings. The summed E-state index contributed by atoms with van der Waals surface area (Å²) in [5.74, 6) is 1.85. The van der Waals surface area contributed by atoms with E-state index in [9.17, 15) is 4.79 Å². The molecular formula is C14H13ClN6O2. The highest BCUT2D eigenvalue weighted by Crippen LogP contribution is 2.38. The Morgan fingerprint density at radius 2 is 2.17 bits per heavy atom. The molecule has 1 aliphatic rings. The quantitative estimate of drug-likeness (QED) is 0.720. The van der Waals surface area contributed by atoms with Crippen molar-refractivity contribution in [1.82, 2.24) is 29.5 Å². The molecule has 0 atom stereocenters. The molecule has 1 saturated carbocycles. The van der Waals surface area contributed by atoms with Crippen LogP contribution in [0.15, 0.2) is 27.5 Å². The lowest BCUT2D eigenvalue weighted by molar-refractivity contribution is 0.427. The molecule has 118 valence electrons. The summed E-state index contributed by atoms with van der Waals surface area (Å²) in [5, 5.41) is 12.8. The molecule has 0 saturated heterocycles. The van der Waals surface area contributed by atoms with Gasteiger partial charge in [-0.15, -0.1) is 15.3 Å². The van der Waals surface area contributed by atoms with Crippen molar-refractivity contribution in [3.05, 3.63) is 45.6 Å². The number of hydrogen-bond acceptors (Lipinski definition) is 6. The summed E-state index contributed by atoms with van der Waals surface area (Å²) in [4.78, 5) is 16.5. The van der Waals surface area contributed by atoms with Crippen LogP contribution < -0.4 is 5.69 Å². The van der Waals surface area contributed by atoms with Gasteiger partial charge in [0.2, 0.25) is 11.8 Å². The van der Waals surface area contributed by atoms with Crippen LogP contribution in [0.5, 0.6) is 0 Å². The average molecular weight is 333 g/mol. The van der Waals surface area contributed by atoms with E-state index in [1.54, 1.807) is 19.2 Å². The maximum atomic E-state index is 12.3. The second kappa shape index (κ2) is 5.31. The van der Waals surface area contributed by atoms with Gasteiger partial charge < -0.3 is 4.42 Å². The first kappa shape index (κ1) is 14.1. The third-order valence-electron chi connectivity index (χ3n) is 3.69. The zero-order valence-corrected chi connectivity index (χ0v) is 13.1. The van der Waals surface area contributed by atoms with E-state index in [0.717, 1.165) is 12.8 Å². The summed E-state index contributed by atoms with van der Waals surface area (Å²) in [6.45, 7) is 0.139. The van der Waals surface area contributed by atoms with Crippen molar-refractivity contribution in [3.8, 4) is 11.5 Å². The lowest BCUT2D eigenvalue weighted by atomic mass is 10.3. The van der Waals surface area contributed by atoms with E-state index in [1.807, 2.05) is 0 Å². The molecule has 4 rings (SSSR count). The van der Waals surface area contributed by atoms with Gasteiger partial charge in [-0.3, -0.25) is 9.55 Å². The van der Waals surface area contributed by atoms with E-state index in [1.165, 1.54) is 15.4 Å². The van der Waals surface area contributed by atoms with Crippen LogP contribution in [-0.4, -0.2) is 29.5 Å². The Bertz CT molecular complexity index is 906. The number of rotatable bonds is 4. The Morgan fingerprint density at radius 3 is 2.87 bits per heavy atom. The second-order valence-corrected chi connectivity index (χ2v) is 5.93. The number of halogens is 1. The predicted octanol–water partition coefficient (Wildman–Crippen LogP) is 1.61. The van der Waals surface area contributed by atoms with E-state index in [4.69, 9.17) is 16.0 Å². The molecule has 0 aromatic carbocycles. The molecule has 3 heterocycles. The minimum Gasteiger partial charge on any atom is -0.423 e. The number of pyridine rings is 1. The third-order valence-corrected chi connectivity index (χ3v) is 3.92. The van der Waals surface area contributed by atoms with Crippen LogP contribution in [0, 0.1) is 0 Å². The predicted molar refractivity (Wildman–Crippen MR) is 81.1 cm³/mol. The second-order valence-electron chi connectivity index (χ2n) is 5.49. The van der Waals surface area contributed by atoms with Crippen LogP contribution in [0.2, 0.25) is 5.02 Å². The lowest BCUT2D eigenvalue weighted by Crippen LogP contribution is -2.23. The van der Waals surface area contributed by atoms with Crippen LogP contribution >= 0.6 is 11.6 Å². The number of nitrogens with zero attached hydrogens (tertiary/aromatic N) is 6. The zero-order chi connectivity index (χ0) is 16.0. The topological polar surface area (TPSA) is 91.6 Å². The van der Waals surface area contributed by atoms with Gasteiger partial charge in [-0.2, -0.15) is 0 Å². The maximum Gasteiger partial charge on any atom is 0.346 e. The standard InChI is InChI=1S/C14H13ClN6O2/c1-20-12(10-5-4-9(15)6-16-10)19-21(14(20)22)7-11-17-18-13(23-11)8-2-3-8/h4-6,8H,2-3,7H2,1H3. The van der Waals surface area contributed by atoms with Crippen molar-refractivity contribution in [2.75, 3.05) is 0 Å². The normalized spacial score (nSPS) is 14.3. The fourth-order valence-electron chi connectivity index (χ4n) is 2.28. The summed E-state index contributed by atoms with van der Waals surface area (Å²) in [6, 6.07) is 3.42. The minimum atomic E-state index is -0.275. The maximum absolute atomic E-state index is 12.3. The first-order chi connectivity index (χ1) is 11.1. The van der Waals surface area contributed by atoms with E-state index in [2.05, 4.69) is 20.3 Å². The largest absolute Gasteiger partial charge is 0.423 e. The summed E-state index contributed by atoms with van der Waals surface area (Å²) in [6.07, 6.45) is 3.68. The minimum absolute atomic E-state index is 0.139. The van der Waals surface area contributed by atoms with Crippen molar-refractivity contribution < 1.29 is 4.42 Å². The van der Waals surface area contributed by atoms with Gasteiger partial charge in [0.15, 0.2) is 5.82 Å². The number of hydrogen-bond donors (Lipinski definition) is 0. The summed E-state index contributed by atoms with van der Waals surface area (Å²) < 4.78 is 8.29. The highest BCUT2D eigenvalue weighted by molar-refractivity contribution is 6.30. The molecular weight excluding hydrogens is 320 g/mol. The van der Waals surface area contributed by atoms with Gasteiger partial charge in [0.05, 0.1) is 5.02 Å².